The molecule has 0 amide bonds. The summed E-state index contributed by atoms with van der Waals surface area (Å²) in [5.41, 5.74) is 12.2. The number of H-pyrrole nitrogens is 2. The van der Waals surface area contributed by atoms with E-state index >= 15 is 0 Å². The highest BCUT2D eigenvalue weighted by Gasteiger charge is 2.19. The smallest absolute Gasteiger partial charge is 0.123 e. The minimum atomic E-state index is -0.248. The number of rotatable bonds is 26. The van der Waals surface area contributed by atoms with Crippen LogP contribution in [0, 0.1) is 19.7 Å². The Labute approximate surface area is 385 Å². The van der Waals surface area contributed by atoms with Gasteiger partial charge in [0.15, 0.2) is 0 Å². The maximum atomic E-state index is 13.5. The Morgan fingerprint density at radius 2 is 1.59 bits per heavy atom. The van der Waals surface area contributed by atoms with Crippen LogP contribution in [0.25, 0.3) is 41.4 Å². The van der Waals surface area contributed by atoms with Gasteiger partial charge in [0, 0.05) is 115 Å². The zero-order valence-corrected chi connectivity index (χ0v) is 40.0. The maximum absolute atomic E-state index is 13.5. The molecule has 5 N–H and O–H groups in total. The van der Waals surface area contributed by atoms with E-state index in [0.717, 1.165) is 119 Å². The molecular weight excluding hydrogens is 792 g/mol. The number of benzene rings is 2. The second-order valence-electron chi connectivity index (χ2n) is 17.2. The summed E-state index contributed by atoms with van der Waals surface area (Å²) < 4.78 is 13.5. The summed E-state index contributed by atoms with van der Waals surface area (Å²) >= 11 is 0. The zero-order chi connectivity index (χ0) is 46.6. The number of likely N-dealkylation sites (N-methyl/N-ethyl adjacent to an activating group) is 1. The van der Waals surface area contributed by atoms with Crippen LogP contribution in [-0.2, 0) is 6.42 Å². The van der Waals surface area contributed by atoms with Crippen LogP contribution >= 0.6 is 0 Å². The monoisotopic (exact) mass is 871 g/mol. The van der Waals surface area contributed by atoms with Gasteiger partial charge in [-0.25, -0.2) is 4.39 Å². The van der Waals surface area contributed by atoms with E-state index in [-0.39, 0.29) is 11.9 Å². The second kappa shape index (κ2) is 26.4. The number of hydrogen-bond acceptors (Lipinski definition) is 6. The molecule has 0 saturated carbocycles. The molecule has 64 heavy (non-hydrogen) atoms. The summed E-state index contributed by atoms with van der Waals surface area (Å²) in [5.74, 6) is -0.248. The molecule has 8 nitrogen and oxygen atoms in total. The number of unbranched alkanes of at least 4 members (excludes halogenated alkanes) is 4. The average molecular weight is 871 g/mol. The van der Waals surface area contributed by atoms with Crippen LogP contribution < -0.4 is 26.5 Å². The predicted molar refractivity (Wildman–Crippen MR) is 277 cm³/mol. The number of aromatic nitrogens is 2. The first kappa shape index (κ1) is 51.3. The van der Waals surface area contributed by atoms with Crippen LogP contribution in [0.4, 0.5) is 4.39 Å². The van der Waals surface area contributed by atoms with Crippen molar-refractivity contribution in [1.29, 1.82) is 0 Å². The fourth-order valence-corrected chi connectivity index (χ4v) is 8.65. The number of hydrogen-bond donors (Lipinski definition) is 5. The van der Waals surface area contributed by atoms with Gasteiger partial charge in [0.05, 0.1) is 0 Å². The van der Waals surface area contributed by atoms with Gasteiger partial charge in [-0.05, 0) is 119 Å². The Bertz CT molecular complexity index is 2290. The lowest BCUT2D eigenvalue weighted by atomic mass is 9.93. The van der Waals surface area contributed by atoms with Gasteiger partial charge in [0.1, 0.15) is 5.82 Å². The lowest BCUT2D eigenvalue weighted by molar-refractivity contribution is 0.138. The number of halogens is 1. The third-order valence-electron chi connectivity index (χ3n) is 12.7. The highest BCUT2D eigenvalue weighted by molar-refractivity contribution is 5.82. The van der Waals surface area contributed by atoms with Crippen LogP contribution in [0.2, 0.25) is 0 Å². The molecular formula is C55H79FN8. The molecule has 0 aliphatic carbocycles. The van der Waals surface area contributed by atoms with E-state index in [9.17, 15) is 4.39 Å². The Morgan fingerprint density at radius 1 is 0.875 bits per heavy atom. The fourth-order valence-electron chi connectivity index (χ4n) is 8.65. The van der Waals surface area contributed by atoms with E-state index in [1.807, 2.05) is 52.2 Å². The molecule has 346 valence electrons. The molecule has 2 aromatic carbocycles. The van der Waals surface area contributed by atoms with Crippen molar-refractivity contribution in [2.45, 2.75) is 77.7 Å². The van der Waals surface area contributed by atoms with Gasteiger partial charge in [0.25, 0.3) is 0 Å². The van der Waals surface area contributed by atoms with Gasteiger partial charge < -0.3 is 35.7 Å². The van der Waals surface area contributed by atoms with E-state index < -0.39 is 0 Å². The number of nitrogens with one attached hydrogen (secondary N) is 5. The first-order chi connectivity index (χ1) is 30.8. The van der Waals surface area contributed by atoms with Crippen molar-refractivity contribution in [3.05, 3.63) is 149 Å². The molecule has 4 aromatic rings. The molecule has 9 heteroatoms. The fraction of sp³-hybridized carbons (Fsp3) is 0.418. The Balaban J connectivity index is 0.000000352. The normalized spacial score (nSPS) is 13.8. The minimum absolute atomic E-state index is 0.191. The third kappa shape index (κ3) is 14.9. The third-order valence-corrected chi connectivity index (χ3v) is 12.7. The average Bonchev–Trinajstić information content (AvgIpc) is 3.75. The maximum Gasteiger partial charge on any atom is 0.123 e. The molecule has 5 rings (SSSR count). The number of piperazine rings is 1. The molecule has 1 aliphatic heterocycles. The summed E-state index contributed by atoms with van der Waals surface area (Å²) in [4.78, 5) is 13.9. The molecule has 1 unspecified atom stereocenters. The minimum Gasteiger partial charge on any atom is -0.392 e. The van der Waals surface area contributed by atoms with E-state index in [0.29, 0.717) is 0 Å². The predicted octanol–water partition coefficient (Wildman–Crippen LogP) is 9.26. The standard InChI is InChI=1S/C37H62N6.C18H17FN2/c1-9-34-19-16-20-35(37(34)33(5)41(8)36(10-2)22-21-31(3)39-7)18-14-12-11-13-15-24-40-32(4)30-43-28-26-42(27-29-43)25-17-23-38-6;1-5-14-10(2)18(21-11(14)3)9-15-12(4)20-17-7-6-13(19)8-16(15)17/h9-10,16,19-20,36,38-40H,1-5,11-15,17-18,21-30H2,6-8H3;5-9,20-21H,1,4H2,2-3H3/b;15-9+. The Hall–Kier alpha value is -5.35. The van der Waals surface area contributed by atoms with Crippen molar-refractivity contribution in [2.75, 3.05) is 73.5 Å². The van der Waals surface area contributed by atoms with Crippen LogP contribution in [0.3, 0.4) is 0 Å². The van der Waals surface area contributed by atoms with Crippen molar-refractivity contribution in [1.82, 2.24) is 40.6 Å². The molecule has 0 spiro atoms. The van der Waals surface area contributed by atoms with Crippen molar-refractivity contribution < 1.29 is 4.39 Å². The molecule has 2 aromatic heterocycles. The van der Waals surface area contributed by atoms with Crippen molar-refractivity contribution in [2.24, 2.45) is 0 Å². The van der Waals surface area contributed by atoms with Crippen molar-refractivity contribution in [3.63, 3.8) is 0 Å². The first-order valence-electron chi connectivity index (χ1n) is 23.3. The summed E-state index contributed by atoms with van der Waals surface area (Å²) in [6.45, 7) is 41.9. The highest BCUT2D eigenvalue weighted by atomic mass is 19.1. The van der Waals surface area contributed by atoms with Crippen molar-refractivity contribution in [3.8, 4) is 0 Å². The van der Waals surface area contributed by atoms with E-state index in [2.05, 4.69) is 112 Å². The van der Waals surface area contributed by atoms with E-state index in [4.69, 9.17) is 0 Å². The van der Waals surface area contributed by atoms with E-state index in [1.54, 1.807) is 6.07 Å². The quantitative estimate of drug-likeness (QED) is 0.0320. The van der Waals surface area contributed by atoms with Crippen LogP contribution in [-0.4, -0.2) is 104 Å². The molecule has 1 saturated heterocycles. The number of aryl methyl sites for hydroxylation is 2. The lowest BCUT2D eigenvalue weighted by Gasteiger charge is -2.35. The SMILES string of the molecule is C=Cc1c(C)[nH]c(/C=c2\c(=C)[nH]c3ccc(F)cc23)c1C.C=Cc1cccc(CCCCCCCNC(=C)CN2CCN(CCCNC)CC2)c1C(=C)N(C)C(C=C)CCC(=C)NC. The number of allylic oxidation sites excluding steroid dienone is 1. The second-order valence-corrected chi connectivity index (χ2v) is 17.2. The Morgan fingerprint density at radius 3 is 2.27 bits per heavy atom. The highest BCUT2D eigenvalue weighted by Crippen LogP contribution is 2.30. The van der Waals surface area contributed by atoms with Gasteiger partial charge in [-0.3, -0.25) is 4.90 Å². The van der Waals surface area contributed by atoms with Gasteiger partial charge in [-0.1, -0.05) is 95.2 Å². The largest absolute Gasteiger partial charge is 0.392 e. The zero-order valence-electron chi connectivity index (χ0n) is 40.0. The Kier molecular flexibility index (Phi) is 21.2. The summed E-state index contributed by atoms with van der Waals surface area (Å²) in [7, 11) is 6.07. The summed E-state index contributed by atoms with van der Waals surface area (Å²) in [6.07, 6.45) is 18.1. The molecule has 1 atom stereocenters. The molecule has 1 fully saturated rings. The van der Waals surface area contributed by atoms with Gasteiger partial charge in [-0.15, -0.1) is 6.58 Å². The van der Waals surface area contributed by atoms with Crippen LogP contribution in [0.15, 0.2) is 93.3 Å². The molecule has 0 radical (unpaired) electrons. The molecule has 3 heterocycles. The van der Waals surface area contributed by atoms with E-state index in [1.165, 1.54) is 81.4 Å². The molecule has 1 aliphatic rings. The van der Waals surface area contributed by atoms with Crippen molar-refractivity contribution >= 4 is 41.4 Å². The van der Waals surface area contributed by atoms with Gasteiger partial charge >= 0.3 is 0 Å². The van der Waals surface area contributed by atoms with Crippen LogP contribution in [0.5, 0.6) is 0 Å². The topological polar surface area (TPSA) is 77.4 Å². The lowest BCUT2D eigenvalue weighted by Crippen LogP contribution is -2.48. The summed E-state index contributed by atoms with van der Waals surface area (Å²) in [6, 6.07) is 11.5. The number of aromatic amines is 2. The number of fused-ring (bicyclic) bond motifs is 1. The number of nitrogens with zero attached hydrogens (tertiary/aromatic N) is 3. The molecule has 0 bridgehead atoms. The summed E-state index contributed by atoms with van der Waals surface area (Å²) in [5, 5.41) is 12.5. The first-order valence-corrected chi connectivity index (χ1v) is 23.3. The van der Waals surface area contributed by atoms with Gasteiger partial charge in [0.2, 0.25) is 0 Å². The van der Waals surface area contributed by atoms with Crippen LogP contribution in [0.1, 0.15) is 90.6 Å². The van der Waals surface area contributed by atoms with Gasteiger partial charge in [-0.2, -0.15) is 0 Å².